The molecule has 2 N–H and O–H groups in total. The molecular formula is C10H16ClN3. The zero-order chi connectivity index (χ0) is 10.7. The fraction of sp³-hybridized carbons (Fsp3) is 0.500. The zero-order valence-electron chi connectivity index (χ0n) is 8.79. The number of nitrogens with two attached hydrogens (primary N) is 1. The summed E-state index contributed by atoms with van der Waals surface area (Å²) in [5.74, 6) is 0.795. The Hall–Kier alpha value is -0.960. The smallest absolute Gasteiger partial charge is 0.151 e. The number of nitrogens with zero attached hydrogens (tertiary/aromatic N) is 2. The molecule has 0 saturated carbocycles. The predicted octanol–water partition coefficient (Wildman–Crippen LogP) is 2.55. The van der Waals surface area contributed by atoms with Crippen molar-refractivity contribution in [2.45, 2.75) is 26.3 Å². The molecular weight excluding hydrogens is 198 g/mol. The van der Waals surface area contributed by atoms with Gasteiger partial charge in [-0.3, -0.25) is 0 Å². The van der Waals surface area contributed by atoms with Crippen LogP contribution < -0.4 is 10.6 Å². The summed E-state index contributed by atoms with van der Waals surface area (Å²) >= 11 is 5.77. The Balaban J connectivity index is 2.95. The molecule has 0 fully saturated rings. The Kier molecular flexibility index (Phi) is 3.58. The van der Waals surface area contributed by atoms with E-state index in [4.69, 9.17) is 17.3 Å². The second-order valence-electron chi connectivity index (χ2n) is 3.43. The van der Waals surface area contributed by atoms with E-state index in [2.05, 4.69) is 23.7 Å². The number of pyridine rings is 1. The minimum Gasteiger partial charge on any atom is -0.396 e. The van der Waals surface area contributed by atoms with E-state index < -0.39 is 0 Å². The van der Waals surface area contributed by atoms with Crippen molar-refractivity contribution >= 4 is 23.1 Å². The number of nitrogen functional groups attached to an aromatic ring is 1. The van der Waals surface area contributed by atoms with Gasteiger partial charge in [-0.25, -0.2) is 4.98 Å². The Labute approximate surface area is 89.9 Å². The van der Waals surface area contributed by atoms with Crippen molar-refractivity contribution in [1.82, 2.24) is 4.98 Å². The first-order valence-corrected chi connectivity index (χ1v) is 5.08. The number of anilines is 2. The fourth-order valence-corrected chi connectivity index (χ4v) is 1.39. The molecule has 0 aliphatic heterocycles. The SMILES string of the molecule is CCC(C)N(C)c1ncc(Cl)cc1N. The number of hydrogen-bond acceptors (Lipinski definition) is 3. The lowest BCUT2D eigenvalue weighted by Crippen LogP contribution is -2.29. The fourth-order valence-electron chi connectivity index (χ4n) is 1.23. The van der Waals surface area contributed by atoms with Crippen LogP contribution in [0.5, 0.6) is 0 Å². The standard InChI is InChI=1S/C10H16ClN3/c1-4-7(2)14(3)10-9(12)5-8(11)6-13-10/h5-7H,4,12H2,1-3H3. The molecule has 0 radical (unpaired) electrons. The van der Waals surface area contributed by atoms with Crippen molar-refractivity contribution in [2.24, 2.45) is 0 Å². The molecule has 1 rings (SSSR count). The number of halogens is 1. The predicted molar refractivity (Wildman–Crippen MR) is 61.8 cm³/mol. The van der Waals surface area contributed by atoms with Gasteiger partial charge in [0, 0.05) is 19.3 Å². The number of hydrogen-bond donors (Lipinski definition) is 1. The molecule has 1 heterocycles. The summed E-state index contributed by atoms with van der Waals surface area (Å²) in [5.41, 5.74) is 6.45. The molecule has 0 spiro atoms. The molecule has 0 saturated heterocycles. The van der Waals surface area contributed by atoms with Gasteiger partial charge in [0.25, 0.3) is 0 Å². The third-order valence-corrected chi connectivity index (χ3v) is 2.65. The van der Waals surface area contributed by atoms with Gasteiger partial charge in [-0.05, 0) is 19.4 Å². The molecule has 0 aliphatic rings. The molecule has 0 aromatic carbocycles. The van der Waals surface area contributed by atoms with E-state index >= 15 is 0 Å². The summed E-state index contributed by atoms with van der Waals surface area (Å²) in [6.07, 6.45) is 2.67. The molecule has 1 unspecified atom stereocenters. The lowest BCUT2D eigenvalue weighted by Gasteiger charge is -2.25. The molecule has 1 atom stereocenters. The third kappa shape index (κ3) is 2.29. The van der Waals surface area contributed by atoms with Gasteiger partial charge in [0.05, 0.1) is 10.7 Å². The first-order valence-electron chi connectivity index (χ1n) is 4.70. The first kappa shape index (κ1) is 11.1. The summed E-state index contributed by atoms with van der Waals surface area (Å²) < 4.78 is 0. The van der Waals surface area contributed by atoms with E-state index in [0.29, 0.717) is 16.8 Å². The van der Waals surface area contributed by atoms with Gasteiger partial charge in [0.1, 0.15) is 0 Å². The number of aromatic nitrogens is 1. The van der Waals surface area contributed by atoms with Crippen LogP contribution in [0.3, 0.4) is 0 Å². The van der Waals surface area contributed by atoms with Crippen LogP contribution in [0.4, 0.5) is 11.5 Å². The topological polar surface area (TPSA) is 42.2 Å². The highest BCUT2D eigenvalue weighted by atomic mass is 35.5. The molecule has 1 aromatic rings. The van der Waals surface area contributed by atoms with Gasteiger partial charge in [-0.1, -0.05) is 18.5 Å². The van der Waals surface area contributed by atoms with Crippen LogP contribution in [0, 0.1) is 0 Å². The van der Waals surface area contributed by atoms with Crippen LogP contribution in [-0.2, 0) is 0 Å². The highest BCUT2D eigenvalue weighted by Gasteiger charge is 2.12. The van der Waals surface area contributed by atoms with Gasteiger partial charge < -0.3 is 10.6 Å². The van der Waals surface area contributed by atoms with E-state index in [9.17, 15) is 0 Å². The van der Waals surface area contributed by atoms with Crippen LogP contribution in [0.1, 0.15) is 20.3 Å². The summed E-state index contributed by atoms with van der Waals surface area (Å²) in [6.45, 7) is 4.27. The Morgan fingerprint density at radius 2 is 2.29 bits per heavy atom. The summed E-state index contributed by atoms with van der Waals surface area (Å²) in [6, 6.07) is 2.15. The Bertz CT molecular complexity index is 314. The number of rotatable bonds is 3. The Morgan fingerprint density at radius 3 is 2.79 bits per heavy atom. The van der Waals surface area contributed by atoms with E-state index in [1.54, 1.807) is 12.3 Å². The summed E-state index contributed by atoms with van der Waals surface area (Å²) in [5, 5.41) is 0.573. The van der Waals surface area contributed by atoms with Gasteiger partial charge >= 0.3 is 0 Å². The van der Waals surface area contributed by atoms with Crippen molar-refractivity contribution in [3.8, 4) is 0 Å². The van der Waals surface area contributed by atoms with Crippen LogP contribution in [-0.4, -0.2) is 18.1 Å². The van der Waals surface area contributed by atoms with Crippen molar-refractivity contribution < 1.29 is 0 Å². The molecule has 0 bridgehead atoms. The third-order valence-electron chi connectivity index (χ3n) is 2.45. The van der Waals surface area contributed by atoms with E-state index in [0.717, 1.165) is 12.2 Å². The molecule has 0 amide bonds. The van der Waals surface area contributed by atoms with Crippen molar-refractivity contribution in [1.29, 1.82) is 0 Å². The molecule has 3 nitrogen and oxygen atoms in total. The zero-order valence-corrected chi connectivity index (χ0v) is 9.54. The average Bonchev–Trinajstić information content (AvgIpc) is 2.15. The highest BCUT2D eigenvalue weighted by Crippen LogP contribution is 2.24. The van der Waals surface area contributed by atoms with Crippen molar-refractivity contribution in [3.63, 3.8) is 0 Å². The van der Waals surface area contributed by atoms with Gasteiger partial charge in [-0.2, -0.15) is 0 Å². The summed E-state index contributed by atoms with van der Waals surface area (Å²) in [7, 11) is 1.99. The molecule has 14 heavy (non-hydrogen) atoms. The molecule has 78 valence electrons. The molecule has 4 heteroatoms. The van der Waals surface area contributed by atoms with Crippen LogP contribution >= 0.6 is 11.6 Å². The average molecular weight is 214 g/mol. The van der Waals surface area contributed by atoms with E-state index in [-0.39, 0.29) is 0 Å². The Morgan fingerprint density at radius 1 is 1.64 bits per heavy atom. The van der Waals surface area contributed by atoms with Gasteiger partial charge in [0.2, 0.25) is 0 Å². The lowest BCUT2D eigenvalue weighted by molar-refractivity contribution is 0.658. The van der Waals surface area contributed by atoms with Gasteiger partial charge in [0.15, 0.2) is 5.82 Å². The second-order valence-corrected chi connectivity index (χ2v) is 3.87. The maximum Gasteiger partial charge on any atom is 0.151 e. The largest absolute Gasteiger partial charge is 0.396 e. The van der Waals surface area contributed by atoms with Gasteiger partial charge in [-0.15, -0.1) is 0 Å². The maximum atomic E-state index is 5.83. The van der Waals surface area contributed by atoms with Crippen LogP contribution in [0.25, 0.3) is 0 Å². The highest BCUT2D eigenvalue weighted by molar-refractivity contribution is 6.30. The minimum absolute atomic E-state index is 0.422. The lowest BCUT2D eigenvalue weighted by atomic mass is 10.2. The first-order chi connectivity index (χ1) is 6.56. The van der Waals surface area contributed by atoms with E-state index in [1.807, 2.05) is 7.05 Å². The minimum atomic E-state index is 0.422. The molecule has 1 aromatic heterocycles. The van der Waals surface area contributed by atoms with E-state index in [1.165, 1.54) is 0 Å². The quantitative estimate of drug-likeness (QED) is 0.839. The van der Waals surface area contributed by atoms with Crippen LogP contribution in [0.15, 0.2) is 12.3 Å². The van der Waals surface area contributed by atoms with Crippen molar-refractivity contribution in [2.75, 3.05) is 17.7 Å². The second kappa shape index (κ2) is 4.51. The summed E-state index contributed by atoms with van der Waals surface area (Å²) in [4.78, 5) is 6.28. The molecule has 0 aliphatic carbocycles. The van der Waals surface area contributed by atoms with Crippen molar-refractivity contribution in [3.05, 3.63) is 17.3 Å². The monoisotopic (exact) mass is 213 g/mol. The van der Waals surface area contributed by atoms with Crippen LogP contribution in [0.2, 0.25) is 5.02 Å². The normalized spacial score (nSPS) is 12.6. The maximum absolute atomic E-state index is 5.83.